The smallest absolute Gasteiger partial charge is 0.135 e. The molecule has 0 aliphatic carbocycles. The van der Waals surface area contributed by atoms with Crippen LogP contribution in [0.3, 0.4) is 0 Å². The molecular weight excluding hydrogens is 246 g/mol. The highest BCUT2D eigenvalue weighted by molar-refractivity contribution is 6.34. The lowest BCUT2D eigenvalue weighted by atomic mass is 10.1. The molecule has 1 heterocycles. The van der Waals surface area contributed by atoms with Crippen molar-refractivity contribution in [3.63, 3.8) is 0 Å². The summed E-state index contributed by atoms with van der Waals surface area (Å²) in [5.41, 5.74) is 2.01. The number of aryl methyl sites for hydroxylation is 1. The first-order valence-corrected chi connectivity index (χ1v) is 6.53. The predicted octanol–water partition coefficient (Wildman–Crippen LogP) is 4.41. The van der Waals surface area contributed by atoms with Crippen LogP contribution in [-0.4, -0.2) is 6.04 Å². The van der Waals surface area contributed by atoms with Crippen LogP contribution in [0.1, 0.15) is 25.2 Å². The van der Waals surface area contributed by atoms with Crippen molar-refractivity contribution in [1.82, 2.24) is 5.32 Å². The molecule has 2 nitrogen and oxygen atoms in total. The third-order valence-corrected chi connectivity index (χ3v) is 3.31. The van der Waals surface area contributed by atoms with Crippen molar-refractivity contribution in [2.24, 2.45) is 0 Å². The number of hydrogen-bond donors (Lipinski definition) is 1. The third kappa shape index (κ3) is 2.95. The Hall–Kier alpha value is -1.25. The highest BCUT2D eigenvalue weighted by Crippen LogP contribution is 2.31. The van der Waals surface area contributed by atoms with Crippen molar-refractivity contribution < 1.29 is 4.42 Å². The molecule has 0 saturated heterocycles. The molecule has 0 amide bonds. The average molecular weight is 264 g/mol. The van der Waals surface area contributed by atoms with Gasteiger partial charge >= 0.3 is 0 Å². The molecule has 18 heavy (non-hydrogen) atoms. The molecule has 0 unspecified atom stereocenters. The second-order valence-corrected chi connectivity index (χ2v) is 5.12. The Labute approximate surface area is 113 Å². The quantitative estimate of drug-likeness (QED) is 0.884. The molecule has 1 aromatic carbocycles. The molecule has 0 saturated carbocycles. The topological polar surface area (TPSA) is 25.2 Å². The molecule has 0 aliphatic rings. The lowest BCUT2D eigenvalue weighted by Crippen LogP contribution is -2.21. The van der Waals surface area contributed by atoms with Crippen LogP contribution in [-0.2, 0) is 6.54 Å². The molecule has 2 aromatic rings. The average Bonchev–Trinajstić information content (AvgIpc) is 2.78. The molecule has 96 valence electrons. The van der Waals surface area contributed by atoms with E-state index in [1.165, 1.54) is 0 Å². The van der Waals surface area contributed by atoms with Gasteiger partial charge in [-0.2, -0.15) is 0 Å². The van der Waals surface area contributed by atoms with E-state index in [1.54, 1.807) is 0 Å². The van der Waals surface area contributed by atoms with Crippen LogP contribution in [0, 0.1) is 6.92 Å². The van der Waals surface area contributed by atoms with Gasteiger partial charge in [0.15, 0.2) is 0 Å². The van der Waals surface area contributed by atoms with Gasteiger partial charge < -0.3 is 9.73 Å². The molecule has 0 fully saturated rings. The summed E-state index contributed by atoms with van der Waals surface area (Å²) in [6.07, 6.45) is 0. The molecular formula is C15H18ClNO. The van der Waals surface area contributed by atoms with Crippen LogP contribution in [0.2, 0.25) is 5.02 Å². The van der Waals surface area contributed by atoms with E-state index in [4.69, 9.17) is 16.0 Å². The molecule has 1 N–H and O–H groups in total. The van der Waals surface area contributed by atoms with Gasteiger partial charge in [0, 0.05) is 11.6 Å². The van der Waals surface area contributed by atoms with E-state index in [0.717, 1.165) is 34.2 Å². The second kappa shape index (κ2) is 5.59. The maximum Gasteiger partial charge on any atom is 0.135 e. The van der Waals surface area contributed by atoms with Gasteiger partial charge in [0.2, 0.25) is 0 Å². The van der Waals surface area contributed by atoms with Crippen molar-refractivity contribution in [2.75, 3.05) is 0 Å². The van der Waals surface area contributed by atoms with Crippen molar-refractivity contribution in [1.29, 1.82) is 0 Å². The van der Waals surface area contributed by atoms with Crippen molar-refractivity contribution >= 4 is 11.6 Å². The van der Waals surface area contributed by atoms with E-state index in [9.17, 15) is 0 Å². The standard InChI is InChI=1S/C15H18ClNO/c1-10(2)17-9-12-7-8-14(18-12)13-6-4-5-11(3)15(13)16/h4-8,10,17H,9H2,1-3H3. The largest absolute Gasteiger partial charge is 0.460 e. The van der Waals surface area contributed by atoms with Crippen molar-refractivity contribution in [3.05, 3.63) is 46.7 Å². The van der Waals surface area contributed by atoms with Gasteiger partial charge in [-0.1, -0.05) is 37.6 Å². The summed E-state index contributed by atoms with van der Waals surface area (Å²) in [6, 6.07) is 10.4. The van der Waals surface area contributed by atoms with Gasteiger partial charge in [0.25, 0.3) is 0 Å². The van der Waals surface area contributed by atoms with Crippen LogP contribution in [0.15, 0.2) is 34.7 Å². The molecule has 3 heteroatoms. The third-order valence-electron chi connectivity index (χ3n) is 2.80. The fourth-order valence-corrected chi connectivity index (χ4v) is 1.98. The van der Waals surface area contributed by atoms with E-state index in [0.29, 0.717) is 6.04 Å². The predicted molar refractivity (Wildman–Crippen MR) is 75.9 cm³/mol. The Kier molecular flexibility index (Phi) is 4.10. The molecule has 0 spiro atoms. The van der Waals surface area contributed by atoms with Crippen LogP contribution in [0.25, 0.3) is 11.3 Å². The highest BCUT2D eigenvalue weighted by atomic mass is 35.5. The molecule has 0 bridgehead atoms. The summed E-state index contributed by atoms with van der Waals surface area (Å²) in [4.78, 5) is 0. The number of furan rings is 1. The normalized spacial score (nSPS) is 11.2. The van der Waals surface area contributed by atoms with Gasteiger partial charge in [0.05, 0.1) is 11.6 Å². The minimum absolute atomic E-state index is 0.445. The van der Waals surface area contributed by atoms with E-state index in [2.05, 4.69) is 19.2 Å². The zero-order chi connectivity index (χ0) is 13.1. The van der Waals surface area contributed by atoms with Gasteiger partial charge in [0.1, 0.15) is 11.5 Å². The Morgan fingerprint density at radius 1 is 1.22 bits per heavy atom. The zero-order valence-corrected chi connectivity index (χ0v) is 11.7. The van der Waals surface area contributed by atoms with Gasteiger partial charge in [-0.15, -0.1) is 0 Å². The number of halogens is 1. The molecule has 0 radical (unpaired) electrons. The molecule has 2 rings (SSSR count). The Morgan fingerprint density at radius 3 is 2.72 bits per heavy atom. The van der Waals surface area contributed by atoms with E-state index < -0.39 is 0 Å². The van der Waals surface area contributed by atoms with Gasteiger partial charge in [-0.3, -0.25) is 0 Å². The van der Waals surface area contributed by atoms with Gasteiger partial charge in [-0.25, -0.2) is 0 Å². The highest BCUT2D eigenvalue weighted by Gasteiger charge is 2.10. The first kappa shape index (κ1) is 13.2. The molecule has 1 aromatic heterocycles. The maximum atomic E-state index is 6.29. The lowest BCUT2D eigenvalue weighted by Gasteiger charge is -2.06. The van der Waals surface area contributed by atoms with Crippen LogP contribution >= 0.6 is 11.6 Å². The number of hydrogen-bond acceptors (Lipinski definition) is 2. The first-order valence-electron chi connectivity index (χ1n) is 6.15. The number of rotatable bonds is 4. The SMILES string of the molecule is Cc1cccc(-c2ccc(CNC(C)C)o2)c1Cl. The summed E-state index contributed by atoms with van der Waals surface area (Å²) in [7, 11) is 0. The summed E-state index contributed by atoms with van der Waals surface area (Å²) in [5.74, 6) is 1.75. The van der Waals surface area contributed by atoms with Crippen LogP contribution in [0.5, 0.6) is 0 Å². The van der Waals surface area contributed by atoms with Crippen molar-refractivity contribution in [3.8, 4) is 11.3 Å². The summed E-state index contributed by atoms with van der Waals surface area (Å²) in [6.45, 7) is 6.96. The Balaban J connectivity index is 2.21. The molecule has 0 aliphatic heterocycles. The fraction of sp³-hybridized carbons (Fsp3) is 0.333. The minimum Gasteiger partial charge on any atom is -0.460 e. The minimum atomic E-state index is 0.445. The summed E-state index contributed by atoms with van der Waals surface area (Å²) in [5, 5.41) is 4.09. The monoisotopic (exact) mass is 263 g/mol. The maximum absolute atomic E-state index is 6.29. The second-order valence-electron chi connectivity index (χ2n) is 4.74. The van der Waals surface area contributed by atoms with E-state index in [-0.39, 0.29) is 0 Å². The Morgan fingerprint density at radius 2 is 2.00 bits per heavy atom. The summed E-state index contributed by atoms with van der Waals surface area (Å²) >= 11 is 6.29. The molecule has 0 atom stereocenters. The van der Waals surface area contributed by atoms with Crippen molar-refractivity contribution in [2.45, 2.75) is 33.4 Å². The fourth-order valence-electron chi connectivity index (χ4n) is 1.76. The first-order chi connectivity index (χ1) is 8.58. The summed E-state index contributed by atoms with van der Waals surface area (Å²) < 4.78 is 5.81. The van der Waals surface area contributed by atoms with E-state index >= 15 is 0 Å². The lowest BCUT2D eigenvalue weighted by molar-refractivity contribution is 0.473. The van der Waals surface area contributed by atoms with Crippen LogP contribution < -0.4 is 5.32 Å². The Bertz CT molecular complexity index is 531. The van der Waals surface area contributed by atoms with Crippen LogP contribution in [0.4, 0.5) is 0 Å². The number of benzene rings is 1. The van der Waals surface area contributed by atoms with Gasteiger partial charge in [-0.05, 0) is 30.7 Å². The zero-order valence-electron chi connectivity index (χ0n) is 11.0. The van der Waals surface area contributed by atoms with E-state index in [1.807, 2.05) is 37.3 Å². The number of nitrogens with one attached hydrogen (secondary N) is 1.